The van der Waals surface area contributed by atoms with E-state index >= 15 is 0 Å². The van der Waals surface area contributed by atoms with E-state index in [2.05, 4.69) is 40.5 Å². The second-order valence-electron chi connectivity index (χ2n) is 5.59. The maximum Gasteiger partial charge on any atom is 0.223 e. The normalized spacial score (nSPS) is 10.9. The lowest BCUT2D eigenvalue weighted by atomic mass is 10.1. The fourth-order valence-electron chi connectivity index (χ4n) is 2.70. The molecular weight excluding hydrogens is 300 g/mol. The smallest absolute Gasteiger partial charge is 0.223 e. The Morgan fingerprint density at radius 2 is 1.71 bits per heavy atom. The zero-order valence-electron chi connectivity index (χ0n) is 13.3. The SMILES string of the molecule is Cc1nc(-c2ccc(OCc3cccc4ccccc34)cc2)no1. The van der Waals surface area contributed by atoms with Gasteiger partial charge in [-0.2, -0.15) is 4.98 Å². The van der Waals surface area contributed by atoms with E-state index in [0.29, 0.717) is 18.3 Å². The molecule has 0 radical (unpaired) electrons. The van der Waals surface area contributed by atoms with Crippen molar-refractivity contribution in [1.29, 1.82) is 0 Å². The third-order valence-corrected chi connectivity index (χ3v) is 3.91. The van der Waals surface area contributed by atoms with Gasteiger partial charge in [-0.15, -0.1) is 0 Å². The molecule has 0 spiro atoms. The van der Waals surface area contributed by atoms with Gasteiger partial charge in [0.05, 0.1) is 0 Å². The second-order valence-corrected chi connectivity index (χ2v) is 5.59. The Labute approximate surface area is 139 Å². The number of nitrogens with zero attached hydrogens (tertiary/aromatic N) is 2. The average Bonchev–Trinajstić information content (AvgIpc) is 3.07. The van der Waals surface area contributed by atoms with Crippen molar-refractivity contribution in [3.05, 3.63) is 78.2 Å². The van der Waals surface area contributed by atoms with E-state index in [-0.39, 0.29) is 0 Å². The lowest BCUT2D eigenvalue weighted by Crippen LogP contribution is -1.96. The molecule has 0 amide bonds. The van der Waals surface area contributed by atoms with Crippen molar-refractivity contribution in [2.75, 3.05) is 0 Å². The molecule has 4 rings (SSSR count). The molecule has 0 aliphatic carbocycles. The van der Waals surface area contributed by atoms with Gasteiger partial charge in [-0.3, -0.25) is 0 Å². The summed E-state index contributed by atoms with van der Waals surface area (Å²) in [5.41, 5.74) is 2.08. The molecule has 0 saturated heterocycles. The van der Waals surface area contributed by atoms with E-state index in [1.54, 1.807) is 6.92 Å². The molecule has 1 heterocycles. The van der Waals surface area contributed by atoms with Gasteiger partial charge in [-0.05, 0) is 40.6 Å². The summed E-state index contributed by atoms with van der Waals surface area (Å²) >= 11 is 0. The number of hydrogen-bond donors (Lipinski definition) is 0. The first-order valence-corrected chi connectivity index (χ1v) is 7.80. The summed E-state index contributed by atoms with van der Waals surface area (Å²) in [6, 6.07) is 22.3. The molecule has 1 aromatic heterocycles. The van der Waals surface area contributed by atoms with Crippen molar-refractivity contribution < 1.29 is 9.26 Å². The van der Waals surface area contributed by atoms with Crippen molar-refractivity contribution in [2.24, 2.45) is 0 Å². The van der Waals surface area contributed by atoms with Gasteiger partial charge < -0.3 is 9.26 Å². The fourth-order valence-corrected chi connectivity index (χ4v) is 2.70. The van der Waals surface area contributed by atoms with E-state index in [4.69, 9.17) is 9.26 Å². The highest BCUT2D eigenvalue weighted by atomic mass is 16.5. The highest BCUT2D eigenvalue weighted by Crippen LogP contribution is 2.23. The van der Waals surface area contributed by atoms with E-state index in [9.17, 15) is 0 Å². The molecule has 0 unspecified atom stereocenters. The Hall–Kier alpha value is -3.14. The van der Waals surface area contributed by atoms with Crippen LogP contribution in [-0.2, 0) is 6.61 Å². The Morgan fingerprint density at radius 1 is 0.917 bits per heavy atom. The van der Waals surface area contributed by atoms with Gasteiger partial charge in [0.25, 0.3) is 0 Å². The number of aryl methyl sites for hydroxylation is 1. The summed E-state index contributed by atoms with van der Waals surface area (Å²) in [6.07, 6.45) is 0. The number of benzene rings is 3. The van der Waals surface area contributed by atoms with Gasteiger partial charge in [0.1, 0.15) is 12.4 Å². The van der Waals surface area contributed by atoms with E-state index in [1.807, 2.05) is 36.4 Å². The van der Waals surface area contributed by atoms with Crippen LogP contribution in [0.3, 0.4) is 0 Å². The van der Waals surface area contributed by atoms with Crippen LogP contribution in [0.1, 0.15) is 11.5 Å². The first kappa shape index (κ1) is 14.5. The van der Waals surface area contributed by atoms with Gasteiger partial charge in [-0.1, -0.05) is 47.6 Å². The summed E-state index contributed by atoms with van der Waals surface area (Å²) in [5.74, 6) is 1.96. The van der Waals surface area contributed by atoms with Crippen LogP contribution in [0, 0.1) is 6.92 Å². The topological polar surface area (TPSA) is 48.2 Å². The predicted molar refractivity (Wildman–Crippen MR) is 92.8 cm³/mol. The number of ether oxygens (including phenoxy) is 1. The van der Waals surface area contributed by atoms with Gasteiger partial charge in [-0.25, -0.2) is 0 Å². The van der Waals surface area contributed by atoms with Crippen LogP contribution in [0.2, 0.25) is 0 Å². The minimum Gasteiger partial charge on any atom is -0.489 e. The predicted octanol–water partition coefficient (Wildman–Crippen LogP) is 4.78. The van der Waals surface area contributed by atoms with Crippen molar-refractivity contribution >= 4 is 10.8 Å². The molecule has 118 valence electrons. The van der Waals surface area contributed by atoms with Crippen LogP contribution in [0.4, 0.5) is 0 Å². The summed E-state index contributed by atoms with van der Waals surface area (Å²) in [5, 5.41) is 6.36. The molecule has 3 aromatic carbocycles. The van der Waals surface area contributed by atoms with Crippen LogP contribution in [-0.4, -0.2) is 10.1 Å². The van der Waals surface area contributed by atoms with Gasteiger partial charge >= 0.3 is 0 Å². The zero-order valence-corrected chi connectivity index (χ0v) is 13.3. The van der Waals surface area contributed by atoms with Gasteiger partial charge in [0.15, 0.2) is 0 Å². The minimum atomic E-state index is 0.530. The largest absolute Gasteiger partial charge is 0.489 e. The fraction of sp³-hybridized carbons (Fsp3) is 0.100. The molecule has 4 nitrogen and oxygen atoms in total. The van der Waals surface area contributed by atoms with Gasteiger partial charge in [0, 0.05) is 12.5 Å². The third kappa shape index (κ3) is 2.86. The summed E-state index contributed by atoms with van der Waals surface area (Å²) in [4.78, 5) is 4.22. The number of aromatic nitrogens is 2. The first-order valence-electron chi connectivity index (χ1n) is 7.80. The van der Waals surface area contributed by atoms with Crippen molar-refractivity contribution in [1.82, 2.24) is 10.1 Å². The number of rotatable bonds is 4. The van der Waals surface area contributed by atoms with Gasteiger partial charge in [0.2, 0.25) is 11.7 Å². The maximum absolute atomic E-state index is 5.93. The second kappa shape index (κ2) is 6.16. The van der Waals surface area contributed by atoms with E-state index < -0.39 is 0 Å². The monoisotopic (exact) mass is 316 g/mol. The first-order chi connectivity index (χ1) is 11.8. The van der Waals surface area contributed by atoms with Crippen LogP contribution < -0.4 is 4.74 Å². The molecule has 0 aliphatic heterocycles. The summed E-state index contributed by atoms with van der Waals surface area (Å²) in [6.45, 7) is 2.31. The molecule has 0 fully saturated rings. The molecule has 0 atom stereocenters. The Bertz CT molecular complexity index is 969. The Morgan fingerprint density at radius 3 is 2.50 bits per heavy atom. The lowest BCUT2D eigenvalue weighted by molar-refractivity contribution is 0.307. The van der Waals surface area contributed by atoms with Crippen LogP contribution in [0.15, 0.2) is 71.3 Å². The lowest BCUT2D eigenvalue weighted by Gasteiger charge is -2.09. The average molecular weight is 316 g/mol. The molecular formula is C20H16N2O2. The standard InChI is InChI=1S/C20H16N2O2/c1-14-21-20(22-24-14)16-9-11-18(12-10-16)23-13-17-7-4-6-15-5-2-3-8-19(15)17/h2-12H,13H2,1H3. The maximum atomic E-state index is 5.93. The van der Waals surface area contributed by atoms with Crippen molar-refractivity contribution in [3.8, 4) is 17.1 Å². The molecule has 4 aromatic rings. The van der Waals surface area contributed by atoms with Crippen molar-refractivity contribution in [3.63, 3.8) is 0 Å². The van der Waals surface area contributed by atoms with Crippen LogP contribution in [0.25, 0.3) is 22.2 Å². The van der Waals surface area contributed by atoms with Crippen LogP contribution in [0.5, 0.6) is 5.75 Å². The van der Waals surface area contributed by atoms with E-state index in [1.165, 1.54) is 16.3 Å². The molecule has 0 saturated carbocycles. The summed E-state index contributed by atoms with van der Waals surface area (Å²) in [7, 11) is 0. The molecule has 0 bridgehead atoms. The third-order valence-electron chi connectivity index (χ3n) is 3.91. The van der Waals surface area contributed by atoms with E-state index in [0.717, 1.165) is 11.3 Å². The highest BCUT2D eigenvalue weighted by molar-refractivity contribution is 5.85. The molecule has 4 heteroatoms. The zero-order chi connectivity index (χ0) is 16.4. The molecule has 0 aliphatic rings. The molecule has 0 N–H and O–H groups in total. The highest BCUT2D eigenvalue weighted by Gasteiger charge is 2.06. The Balaban J connectivity index is 1.51. The molecule has 24 heavy (non-hydrogen) atoms. The quantitative estimate of drug-likeness (QED) is 0.544. The van der Waals surface area contributed by atoms with Crippen molar-refractivity contribution in [2.45, 2.75) is 13.5 Å². The Kier molecular flexibility index (Phi) is 3.71. The number of hydrogen-bond acceptors (Lipinski definition) is 4. The number of fused-ring (bicyclic) bond motifs is 1. The summed E-state index contributed by atoms with van der Waals surface area (Å²) < 4.78 is 10.9. The van der Waals surface area contributed by atoms with Crippen LogP contribution >= 0.6 is 0 Å². The minimum absolute atomic E-state index is 0.530.